The van der Waals surface area contributed by atoms with Crippen molar-refractivity contribution in [2.45, 2.75) is 19.9 Å². The molecule has 0 saturated carbocycles. The number of para-hydroxylation sites is 1. The maximum absolute atomic E-state index is 9.36. The quantitative estimate of drug-likeness (QED) is 0.756. The summed E-state index contributed by atoms with van der Waals surface area (Å²) in [5, 5.41) is 20.9. The van der Waals surface area contributed by atoms with Crippen molar-refractivity contribution in [1.29, 1.82) is 0 Å². The number of nitrogens with zero attached hydrogens (tertiary/aromatic N) is 1. The van der Waals surface area contributed by atoms with Gasteiger partial charge in [0.1, 0.15) is 0 Å². The molecule has 0 radical (unpaired) electrons. The first-order valence-corrected chi connectivity index (χ1v) is 7.70. The highest BCUT2D eigenvalue weighted by molar-refractivity contribution is 6.08. The summed E-state index contributed by atoms with van der Waals surface area (Å²) in [4.78, 5) is 0. The predicted molar refractivity (Wildman–Crippen MR) is 91.9 cm³/mol. The van der Waals surface area contributed by atoms with Gasteiger partial charge in [-0.1, -0.05) is 30.3 Å². The lowest BCUT2D eigenvalue weighted by atomic mass is 10.1. The lowest BCUT2D eigenvalue weighted by Crippen LogP contribution is -1.94. The van der Waals surface area contributed by atoms with Crippen LogP contribution in [-0.2, 0) is 6.54 Å². The van der Waals surface area contributed by atoms with Gasteiger partial charge >= 0.3 is 0 Å². The highest BCUT2D eigenvalue weighted by atomic mass is 16.3. The van der Waals surface area contributed by atoms with Gasteiger partial charge in [-0.2, -0.15) is 0 Å². The first-order chi connectivity index (χ1) is 10.8. The molecule has 22 heavy (non-hydrogen) atoms. The largest absolute Gasteiger partial charge is 0.396 e. The van der Waals surface area contributed by atoms with Gasteiger partial charge < -0.3 is 14.8 Å². The van der Waals surface area contributed by atoms with Crippen LogP contribution < -0.4 is 0 Å². The molecule has 0 aliphatic carbocycles. The molecular formula is C19H21NO2. The van der Waals surface area contributed by atoms with Crippen LogP contribution in [0.15, 0.2) is 48.0 Å². The van der Waals surface area contributed by atoms with E-state index in [0.717, 1.165) is 17.7 Å². The van der Waals surface area contributed by atoms with Crippen molar-refractivity contribution in [2.75, 3.05) is 13.2 Å². The lowest BCUT2D eigenvalue weighted by molar-refractivity contribution is 0.279. The van der Waals surface area contributed by atoms with Gasteiger partial charge in [0.2, 0.25) is 0 Å². The van der Waals surface area contributed by atoms with Crippen LogP contribution in [0.1, 0.15) is 18.9 Å². The molecule has 0 bridgehead atoms. The molecule has 0 aliphatic rings. The highest BCUT2D eigenvalue weighted by Crippen LogP contribution is 2.30. The third-order valence-electron chi connectivity index (χ3n) is 4.12. The zero-order valence-corrected chi connectivity index (χ0v) is 12.8. The Labute approximate surface area is 130 Å². The first-order valence-electron chi connectivity index (χ1n) is 7.70. The van der Waals surface area contributed by atoms with E-state index in [9.17, 15) is 5.11 Å². The van der Waals surface area contributed by atoms with E-state index in [1.54, 1.807) is 0 Å². The fourth-order valence-electron chi connectivity index (χ4n) is 3.08. The van der Waals surface area contributed by atoms with E-state index < -0.39 is 0 Å². The molecule has 0 atom stereocenters. The Morgan fingerprint density at radius 1 is 1.05 bits per heavy atom. The Hall–Kier alpha value is -2.10. The fraction of sp³-hybridized carbons (Fsp3) is 0.263. The number of fused-ring (bicyclic) bond motifs is 3. The van der Waals surface area contributed by atoms with Crippen molar-refractivity contribution in [3.05, 3.63) is 53.6 Å². The normalized spacial score (nSPS) is 12.4. The molecule has 0 spiro atoms. The Balaban J connectivity index is 2.19. The molecular weight excluding hydrogens is 274 g/mol. The highest BCUT2D eigenvalue weighted by Gasteiger charge is 2.09. The van der Waals surface area contributed by atoms with Crippen LogP contribution in [0.4, 0.5) is 0 Å². The SMILES string of the molecule is CCn1c2ccccc2c2cc(/C=C(\CO)CCO)ccc21. The van der Waals surface area contributed by atoms with Gasteiger partial charge in [0.05, 0.1) is 6.61 Å². The molecule has 3 rings (SSSR count). The molecule has 0 unspecified atom stereocenters. The molecule has 114 valence electrons. The smallest absolute Gasteiger partial charge is 0.0645 e. The standard InChI is InChI=1S/C19H21NO2/c1-2-20-18-6-4-3-5-16(18)17-12-14(7-8-19(17)20)11-15(13-22)9-10-21/h3-8,11-12,21-22H,2,9-10,13H2,1H3/b15-11-. The number of hydrogen-bond donors (Lipinski definition) is 2. The fourth-order valence-corrected chi connectivity index (χ4v) is 3.08. The third kappa shape index (κ3) is 2.54. The summed E-state index contributed by atoms with van der Waals surface area (Å²) in [5.41, 5.74) is 4.39. The Bertz CT molecular complexity index is 830. The number of aliphatic hydroxyl groups excluding tert-OH is 2. The molecule has 3 aromatic rings. The number of benzene rings is 2. The number of aromatic nitrogens is 1. The van der Waals surface area contributed by atoms with E-state index in [4.69, 9.17) is 5.11 Å². The summed E-state index contributed by atoms with van der Waals surface area (Å²) in [6.07, 6.45) is 2.47. The zero-order chi connectivity index (χ0) is 15.5. The van der Waals surface area contributed by atoms with Crippen molar-refractivity contribution in [1.82, 2.24) is 4.57 Å². The van der Waals surface area contributed by atoms with Crippen LogP contribution >= 0.6 is 0 Å². The van der Waals surface area contributed by atoms with Crippen LogP contribution in [0, 0.1) is 0 Å². The van der Waals surface area contributed by atoms with Crippen LogP contribution in [0.25, 0.3) is 27.9 Å². The van der Waals surface area contributed by atoms with Crippen LogP contribution in [0.3, 0.4) is 0 Å². The lowest BCUT2D eigenvalue weighted by Gasteiger charge is -2.04. The van der Waals surface area contributed by atoms with E-state index in [1.807, 2.05) is 6.08 Å². The molecule has 3 nitrogen and oxygen atoms in total. The molecule has 0 amide bonds. The zero-order valence-electron chi connectivity index (χ0n) is 12.8. The van der Waals surface area contributed by atoms with Crippen LogP contribution in [0.2, 0.25) is 0 Å². The first kappa shape index (κ1) is 14.8. The maximum Gasteiger partial charge on any atom is 0.0645 e. The van der Waals surface area contributed by atoms with Gasteiger partial charge in [-0.3, -0.25) is 0 Å². The average molecular weight is 295 g/mol. The minimum Gasteiger partial charge on any atom is -0.396 e. The molecule has 1 aromatic heterocycles. The van der Waals surface area contributed by atoms with Crippen LogP contribution in [0.5, 0.6) is 0 Å². The molecule has 0 saturated heterocycles. The summed E-state index contributed by atoms with van der Waals surface area (Å²) in [7, 11) is 0. The molecule has 0 aliphatic heterocycles. The van der Waals surface area contributed by atoms with Gasteiger partial charge in [-0.05, 0) is 42.7 Å². The summed E-state index contributed by atoms with van der Waals surface area (Å²) in [6.45, 7) is 3.13. The molecule has 0 fully saturated rings. The summed E-state index contributed by atoms with van der Waals surface area (Å²) in [5.74, 6) is 0. The van der Waals surface area contributed by atoms with Gasteiger partial charge in [-0.25, -0.2) is 0 Å². The average Bonchev–Trinajstić information content (AvgIpc) is 2.87. The van der Waals surface area contributed by atoms with Crippen molar-refractivity contribution < 1.29 is 10.2 Å². The number of rotatable bonds is 5. The summed E-state index contributed by atoms with van der Waals surface area (Å²) < 4.78 is 2.32. The number of aryl methyl sites for hydroxylation is 1. The molecule has 1 heterocycles. The Morgan fingerprint density at radius 2 is 1.82 bits per heavy atom. The van der Waals surface area contributed by atoms with Crippen molar-refractivity contribution in [2.24, 2.45) is 0 Å². The molecule has 2 aromatic carbocycles. The molecule has 2 N–H and O–H groups in total. The van der Waals surface area contributed by atoms with E-state index in [-0.39, 0.29) is 13.2 Å². The van der Waals surface area contributed by atoms with E-state index in [1.165, 1.54) is 21.8 Å². The second kappa shape index (κ2) is 6.34. The Kier molecular flexibility index (Phi) is 4.27. The second-order valence-electron chi connectivity index (χ2n) is 5.47. The van der Waals surface area contributed by atoms with Crippen molar-refractivity contribution >= 4 is 27.9 Å². The van der Waals surface area contributed by atoms with E-state index in [0.29, 0.717) is 6.42 Å². The van der Waals surface area contributed by atoms with Gasteiger partial charge in [0.15, 0.2) is 0 Å². The summed E-state index contributed by atoms with van der Waals surface area (Å²) >= 11 is 0. The van der Waals surface area contributed by atoms with Gasteiger partial charge in [0, 0.05) is 35.0 Å². The second-order valence-corrected chi connectivity index (χ2v) is 5.47. The summed E-state index contributed by atoms with van der Waals surface area (Å²) in [6, 6.07) is 14.8. The minimum atomic E-state index is -0.0185. The monoisotopic (exact) mass is 295 g/mol. The molecule has 3 heteroatoms. The van der Waals surface area contributed by atoms with E-state index in [2.05, 4.69) is 54.0 Å². The maximum atomic E-state index is 9.36. The third-order valence-corrected chi connectivity index (χ3v) is 4.12. The van der Waals surface area contributed by atoms with Gasteiger partial charge in [-0.15, -0.1) is 0 Å². The van der Waals surface area contributed by atoms with Crippen LogP contribution in [-0.4, -0.2) is 28.0 Å². The van der Waals surface area contributed by atoms with Crippen molar-refractivity contribution in [3.63, 3.8) is 0 Å². The van der Waals surface area contributed by atoms with Gasteiger partial charge in [0.25, 0.3) is 0 Å². The predicted octanol–water partition coefficient (Wildman–Crippen LogP) is 3.57. The van der Waals surface area contributed by atoms with E-state index >= 15 is 0 Å². The number of hydrogen-bond acceptors (Lipinski definition) is 2. The topological polar surface area (TPSA) is 45.4 Å². The van der Waals surface area contributed by atoms with Crippen molar-refractivity contribution in [3.8, 4) is 0 Å². The minimum absolute atomic E-state index is 0.0185. The Morgan fingerprint density at radius 3 is 2.55 bits per heavy atom. The number of aliphatic hydroxyl groups is 2.